The van der Waals surface area contributed by atoms with Crippen LogP contribution in [0.5, 0.6) is 23.0 Å². The first kappa shape index (κ1) is 13.2. The molecule has 0 aliphatic carbocycles. The molecule has 0 spiro atoms. The van der Waals surface area contributed by atoms with Crippen LogP contribution in [0.25, 0.3) is 0 Å². The van der Waals surface area contributed by atoms with Gasteiger partial charge in [-0.15, -0.1) is 0 Å². The number of benzene rings is 2. The van der Waals surface area contributed by atoms with E-state index in [1.165, 1.54) is 14.0 Å². The fourth-order valence-electron chi connectivity index (χ4n) is 2.17. The lowest BCUT2D eigenvalue weighted by molar-refractivity contribution is 0.0596. The molecule has 0 fully saturated rings. The van der Waals surface area contributed by atoms with Crippen LogP contribution in [-0.4, -0.2) is 18.9 Å². The summed E-state index contributed by atoms with van der Waals surface area (Å²) < 4.78 is 16.2. The predicted octanol–water partition coefficient (Wildman–Crippen LogP) is 3.57. The summed E-state index contributed by atoms with van der Waals surface area (Å²) in [4.78, 5) is 23.5. The number of rotatable bonds is 2. The fraction of sp³-hybridized carbons (Fsp3) is 0.125. The van der Waals surface area contributed by atoms with Crippen molar-refractivity contribution in [2.75, 3.05) is 7.11 Å². The summed E-state index contributed by atoms with van der Waals surface area (Å²) in [6.07, 6.45) is 0. The Bertz CT molecular complexity index is 748. The first-order chi connectivity index (χ1) is 10.1. The van der Waals surface area contributed by atoms with Gasteiger partial charge in [0.05, 0.1) is 12.7 Å². The molecular weight excluding hydrogens is 272 g/mol. The van der Waals surface area contributed by atoms with Gasteiger partial charge in [0, 0.05) is 0 Å². The maximum atomic E-state index is 11.8. The summed E-state index contributed by atoms with van der Waals surface area (Å²) in [5.41, 5.74) is 0.650. The lowest BCUT2D eigenvalue weighted by Gasteiger charge is -2.23. The van der Waals surface area contributed by atoms with Crippen molar-refractivity contribution in [2.45, 2.75) is 6.92 Å². The summed E-state index contributed by atoms with van der Waals surface area (Å²) in [5, 5.41) is 0. The second-order valence-corrected chi connectivity index (χ2v) is 4.52. The van der Waals surface area contributed by atoms with E-state index in [2.05, 4.69) is 0 Å². The average molecular weight is 284 g/mol. The smallest absolute Gasteiger partial charge is 0.341 e. The molecule has 0 atom stereocenters. The molecule has 0 saturated heterocycles. The van der Waals surface area contributed by atoms with E-state index in [9.17, 15) is 9.59 Å². The molecule has 0 unspecified atom stereocenters. The second-order valence-electron chi connectivity index (χ2n) is 4.52. The minimum absolute atomic E-state index is 0.144. The van der Waals surface area contributed by atoms with Gasteiger partial charge in [-0.05, 0) is 31.2 Å². The van der Waals surface area contributed by atoms with E-state index in [4.69, 9.17) is 14.2 Å². The molecular formula is C16H12O5. The van der Waals surface area contributed by atoms with Gasteiger partial charge >= 0.3 is 5.97 Å². The van der Waals surface area contributed by atoms with Crippen molar-refractivity contribution < 1.29 is 23.8 Å². The first-order valence-electron chi connectivity index (χ1n) is 6.33. The third-order valence-corrected chi connectivity index (χ3v) is 3.17. The van der Waals surface area contributed by atoms with E-state index in [1.807, 2.05) is 0 Å². The zero-order valence-corrected chi connectivity index (χ0v) is 11.5. The van der Waals surface area contributed by atoms with Crippen LogP contribution in [-0.2, 0) is 4.74 Å². The van der Waals surface area contributed by atoms with Crippen LogP contribution in [0.3, 0.4) is 0 Å². The number of fused-ring (bicyclic) bond motifs is 2. The molecule has 2 aromatic rings. The second kappa shape index (κ2) is 4.94. The number of carbonyl (C=O) groups excluding carboxylic acids is 2. The van der Waals surface area contributed by atoms with E-state index in [1.54, 1.807) is 36.4 Å². The third-order valence-electron chi connectivity index (χ3n) is 3.17. The van der Waals surface area contributed by atoms with Crippen LogP contribution in [0.1, 0.15) is 27.6 Å². The van der Waals surface area contributed by atoms with E-state index < -0.39 is 5.97 Å². The molecule has 3 rings (SSSR count). The molecule has 0 amide bonds. The highest BCUT2D eigenvalue weighted by Crippen LogP contribution is 2.48. The van der Waals surface area contributed by atoms with Gasteiger partial charge < -0.3 is 14.2 Å². The van der Waals surface area contributed by atoms with Gasteiger partial charge in [-0.3, -0.25) is 4.79 Å². The topological polar surface area (TPSA) is 61.8 Å². The zero-order valence-electron chi connectivity index (χ0n) is 11.5. The van der Waals surface area contributed by atoms with E-state index in [-0.39, 0.29) is 17.1 Å². The number of carbonyl (C=O) groups is 2. The van der Waals surface area contributed by atoms with Gasteiger partial charge in [0.2, 0.25) is 0 Å². The van der Waals surface area contributed by atoms with Gasteiger partial charge in [-0.1, -0.05) is 12.1 Å². The Balaban J connectivity index is 2.15. The maximum absolute atomic E-state index is 11.8. The predicted molar refractivity (Wildman–Crippen MR) is 74.4 cm³/mol. The SMILES string of the molecule is COC(=O)c1cccc2c1Oc1c(cccc1C(C)=O)O2. The molecule has 1 aliphatic rings. The first-order valence-corrected chi connectivity index (χ1v) is 6.33. The van der Waals surface area contributed by atoms with E-state index in [0.717, 1.165) is 0 Å². The van der Waals surface area contributed by atoms with Gasteiger partial charge in [-0.2, -0.15) is 0 Å². The number of methoxy groups -OCH3 is 1. The van der Waals surface area contributed by atoms with Gasteiger partial charge in [-0.25, -0.2) is 4.79 Å². The number of para-hydroxylation sites is 2. The third kappa shape index (κ3) is 2.12. The molecule has 0 N–H and O–H groups in total. The summed E-state index contributed by atoms with van der Waals surface area (Å²) >= 11 is 0. The number of Topliss-reactive ketones (excluding diaryl/α,β-unsaturated/α-hetero) is 1. The number of hydrogen-bond acceptors (Lipinski definition) is 5. The van der Waals surface area contributed by atoms with Gasteiger partial charge in [0.1, 0.15) is 5.56 Å². The van der Waals surface area contributed by atoms with Gasteiger partial charge in [0.15, 0.2) is 28.8 Å². The summed E-state index contributed by atoms with van der Waals surface area (Å²) in [6, 6.07) is 10.0. The van der Waals surface area contributed by atoms with Crippen LogP contribution in [0.2, 0.25) is 0 Å². The number of esters is 1. The highest BCUT2D eigenvalue weighted by Gasteiger charge is 2.27. The standard InChI is InChI=1S/C16H12O5/c1-9(17)10-5-3-7-12-14(10)21-15-11(16(18)19-2)6-4-8-13(15)20-12/h3-8H,1-2H3. The lowest BCUT2D eigenvalue weighted by atomic mass is 10.1. The Morgan fingerprint density at radius 2 is 1.48 bits per heavy atom. The molecule has 0 saturated carbocycles. The van der Waals surface area contributed by atoms with Crippen molar-refractivity contribution >= 4 is 11.8 Å². The van der Waals surface area contributed by atoms with Crippen molar-refractivity contribution in [1.82, 2.24) is 0 Å². The summed E-state index contributed by atoms with van der Waals surface area (Å²) in [7, 11) is 1.29. The zero-order chi connectivity index (χ0) is 15.0. The molecule has 106 valence electrons. The Morgan fingerprint density at radius 1 is 0.905 bits per heavy atom. The molecule has 1 aliphatic heterocycles. The molecule has 1 heterocycles. The van der Waals surface area contributed by atoms with Crippen molar-refractivity contribution in [1.29, 1.82) is 0 Å². The van der Waals surface area contributed by atoms with Crippen LogP contribution < -0.4 is 9.47 Å². The lowest BCUT2D eigenvalue weighted by Crippen LogP contribution is -2.09. The van der Waals surface area contributed by atoms with Crippen LogP contribution in [0, 0.1) is 0 Å². The van der Waals surface area contributed by atoms with Crippen molar-refractivity contribution in [3.8, 4) is 23.0 Å². The van der Waals surface area contributed by atoms with E-state index in [0.29, 0.717) is 22.8 Å². The summed E-state index contributed by atoms with van der Waals surface area (Å²) in [5.74, 6) is 0.747. The van der Waals surface area contributed by atoms with Crippen LogP contribution in [0.4, 0.5) is 0 Å². The number of ether oxygens (including phenoxy) is 3. The molecule has 0 radical (unpaired) electrons. The minimum Gasteiger partial charge on any atom is -0.465 e. The Labute approximate surface area is 121 Å². The van der Waals surface area contributed by atoms with Crippen molar-refractivity contribution in [2.24, 2.45) is 0 Å². The maximum Gasteiger partial charge on any atom is 0.341 e. The molecule has 21 heavy (non-hydrogen) atoms. The Morgan fingerprint density at radius 3 is 2.05 bits per heavy atom. The fourth-order valence-corrected chi connectivity index (χ4v) is 2.17. The molecule has 5 heteroatoms. The molecule has 0 bridgehead atoms. The minimum atomic E-state index is -0.529. The monoisotopic (exact) mass is 284 g/mol. The molecule has 0 aromatic heterocycles. The van der Waals surface area contributed by atoms with Gasteiger partial charge in [0.25, 0.3) is 0 Å². The Hall–Kier alpha value is -2.82. The van der Waals surface area contributed by atoms with Crippen LogP contribution >= 0.6 is 0 Å². The molecule has 5 nitrogen and oxygen atoms in total. The quantitative estimate of drug-likeness (QED) is 0.531. The normalized spacial score (nSPS) is 11.5. The number of ketones is 1. The molecule has 2 aromatic carbocycles. The summed E-state index contributed by atoms with van der Waals surface area (Å²) in [6.45, 7) is 1.45. The largest absolute Gasteiger partial charge is 0.465 e. The van der Waals surface area contributed by atoms with Crippen molar-refractivity contribution in [3.63, 3.8) is 0 Å². The Kier molecular flexibility index (Phi) is 3.10. The van der Waals surface area contributed by atoms with Crippen LogP contribution in [0.15, 0.2) is 36.4 Å². The number of hydrogen-bond donors (Lipinski definition) is 0. The highest BCUT2D eigenvalue weighted by molar-refractivity contribution is 5.99. The highest BCUT2D eigenvalue weighted by atomic mass is 16.6. The average Bonchev–Trinajstić information content (AvgIpc) is 2.50. The van der Waals surface area contributed by atoms with Crippen molar-refractivity contribution in [3.05, 3.63) is 47.5 Å². The van der Waals surface area contributed by atoms with E-state index >= 15 is 0 Å².